The zero-order valence-corrected chi connectivity index (χ0v) is 16.6. The van der Waals surface area contributed by atoms with Crippen LogP contribution in [0.25, 0.3) is 5.69 Å². The summed E-state index contributed by atoms with van der Waals surface area (Å²) < 4.78 is 1.62. The largest absolute Gasteiger partial charge is 0.478 e. The Labute approximate surface area is 168 Å². The highest BCUT2D eigenvalue weighted by molar-refractivity contribution is 6.34. The van der Waals surface area contributed by atoms with Gasteiger partial charge in [-0.05, 0) is 42.5 Å². The van der Waals surface area contributed by atoms with Crippen LogP contribution in [0.5, 0.6) is 0 Å². The van der Waals surface area contributed by atoms with Crippen LogP contribution in [0.3, 0.4) is 0 Å². The van der Waals surface area contributed by atoms with E-state index in [9.17, 15) is 9.90 Å². The van der Waals surface area contributed by atoms with E-state index in [1.807, 2.05) is 37.3 Å². The van der Waals surface area contributed by atoms with Crippen molar-refractivity contribution in [1.82, 2.24) is 9.78 Å². The molecule has 0 saturated carbocycles. The van der Waals surface area contributed by atoms with E-state index in [2.05, 4.69) is 12.0 Å². The van der Waals surface area contributed by atoms with Crippen LogP contribution in [-0.4, -0.2) is 20.9 Å². The van der Waals surface area contributed by atoms with E-state index < -0.39 is 5.97 Å². The Balaban J connectivity index is 2.10. The second-order valence-electron chi connectivity index (χ2n) is 6.45. The SMILES string of the molecule is CCc1c(C(=O)O)c(CC(C)c2ccccc2)nn1-c1cc(Cl)ccc1Cl. The topological polar surface area (TPSA) is 55.1 Å². The molecule has 3 rings (SSSR count). The Morgan fingerprint density at radius 3 is 2.52 bits per heavy atom. The number of hydrogen-bond acceptors (Lipinski definition) is 2. The average molecular weight is 403 g/mol. The molecule has 1 N–H and O–H groups in total. The summed E-state index contributed by atoms with van der Waals surface area (Å²) in [6.45, 7) is 3.97. The summed E-state index contributed by atoms with van der Waals surface area (Å²) in [5.41, 5.74) is 3.13. The molecule has 2 aromatic carbocycles. The van der Waals surface area contributed by atoms with E-state index in [-0.39, 0.29) is 11.5 Å². The third-order valence-corrected chi connectivity index (χ3v) is 5.16. The number of nitrogens with zero attached hydrogens (tertiary/aromatic N) is 2. The van der Waals surface area contributed by atoms with Crippen LogP contribution in [0.15, 0.2) is 48.5 Å². The first kappa shape index (κ1) is 19.5. The van der Waals surface area contributed by atoms with Gasteiger partial charge >= 0.3 is 5.97 Å². The molecule has 0 aliphatic heterocycles. The van der Waals surface area contributed by atoms with Gasteiger partial charge in [0.05, 0.1) is 22.1 Å². The molecule has 27 heavy (non-hydrogen) atoms. The summed E-state index contributed by atoms with van der Waals surface area (Å²) in [4.78, 5) is 12.0. The van der Waals surface area contributed by atoms with E-state index in [4.69, 9.17) is 23.2 Å². The van der Waals surface area contributed by atoms with Crippen LogP contribution in [0.1, 0.15) is 47.1 Å². The van der Waals surface area contributed by atoms with Gasteiger partial charge in [-0.3, -0.25) is 0 Å². The molecule has 1 atom stereocenters. The Bertz CT molecular complexity index is 968. The molecule has 4 nitrogen and oxygen atoms in total. The lowest BCUT2D eigenvalue weighted by molar-refractivity contribution is 0.0694. The van der Waals surface area contributed by atoms with Crippen LogP contribution in [0.4, 0.5) is 0 Å². The molecule has 3 aromatic rings. The maximum absolute atomic E-state index is 12.0. The number of aromatic nitrogens is 2. The van der Waals surface area contributed by atoms with Crippen molar-refractivity contribution in [3.05, 3.63) is 81.1 Å². The fourth-order valence-corrected chi connectivity index (χ4v) is 3.62. The van der Waals surface area contributed by atoms with Gasteiger partial charge in [-0.2, -0.15) is 5.10 Å². The van der Waals surface area contributed by atoms with Gasteiger partial charge in [-0.1, -0.05) is 67.4 Å². The number of carboxylic acids is 1. The predicted molar refractivity (Wildman–Crippen MR) is 108 cm³/mol. The molecular formula is C21H20Cl2N2O2. The van der Waals surface area contributed by atoms with Crippen molar-refractivity contribution in [3.63, 3.8) is 0 Å². The maximum atomic E-state index is 12.0. The number of aromatic carboxylic acids is 1. The zero-order chi connectivity index (χ0) is 19.6. The standard InChI is InChI=1S/C21H20Cl2N2O2/c1-3-18-20(21(26)27)17(11-13(2)14-7-5-4-6-8-14)24-25(18)19-12-15(22)9-10-16(19)23/h4-10,12-13H,3,11H2,1-2H3,(H,26,27). The van der Waals surface area contributed by atoms with Crippen molar-refractivity contribution >= 4 is 29.2 Å². The first-order chi connectivity index (χ1) is 12.9. The van der Waals surface area contributed by atoms with Crippen LogP contribution in [0.2, 0.25) is 10.0 Å². The quantitative estimate of drug-likeness (QED) is 0.567. The number of carbonyl (C=O) groups is 1. The fraction of sp³-hybridized carbons (Fsp3) is 0.238. The van der Waals surface area contributed by atoms with Crippen molar-refractivity contribution in [2.45, 2.75) is 32.6 Å². The van der Waals surface area contributed by atoms with Crippen LogP contribution < -0.4 is 0 Å². The van der Waals surface area contributed by atoms with E-state index >= 15 is 0 Å². The summed E-state index contributed by atoms with van der Waals surface area (Å²) in [6.07, 6.45) is 1.03. The zero-order valence-electron chi connectivity index (χ0n) is 15.1. The van der Waals surface area contributed by atoms with Crippen molar-refractivity contribution in [2.75, 3.05) is 0 Å². The fourth-order valence-electron chi connectivity index (χ4n) is 3.26. The lowest BCUT2D eigenvalue weighted by Gasteiger charge is -2.10. The molecule has 0 aliphatic rings. The normalized spacial score (nSPS) is 12.1. The van der Waals surface area contributed by atoms with Gasteiger partial charge in [0, 0.05) is 5.02 Å². The second-order valence-corrected chi connectivity index (χ2v) is 7.29. The van der Waals surface area contributed by atoms with Crippen LogP contribution >= 0.6 is 23.2 Å². The van der Waals surface area contributed by atoms with Crippen molar-refractivity contribution in [3.8, 4) is 5.69 Å². The molecular weight excluding hydrogens is 383 g/mol. The van der Waals surface area contributed by atoms with Crippen molar-refractivity contribution in [2.24, 2.45) is 0 Å². The monoisotopic (exact) mass is 402 g/mol. The van der Waals surface area contributed by atoms with Crippen LogP contribution in [0, 0.1) is 0 Å². The first-order valence-corrected chi connectivity index (χ1v) is 9.52. The highest BCUT2D eigenvalue weighted by Gasteiger charge is 2.25. The molecule has 0 radical (unpaired) electrons. The van der Waals surface area contributed by atoms with Gasteiger partial charge in [0.25, 0.3) is 0 Å². The van der Waals surface area contributed by atoms with Gasteiger partial charge in [0.1, 0.15) is 5.56 Å². The van der Waals surface area contributed by atoms with Gasteiger partial charge in [0.2, 0.25) is 0 Å². The Hall–Kier alpha value is -2.30. The summed E-state index contributed by atoms with van der Waals surface area (Å²) in [6, 6.07) is 15.1. The molecule has 0 aliphatic carbocycles. The first-order valence-electron chi connectivity index (χ1n) is 8.76. The van der Waals surface area contributed by atoms with E-state index in [0.29, 0.717) is 40.0 Å². The Kier molecular flexibility index (Phi) is 5.88. The van der Waals surface area contributed by atoms with Gasteiger partial charge in [-0.25, -0.2) is 9.48 Å². The number of halogens is 2. The molecule has 1 aromatic heterocycles. The van der Waals surface area contributed by atoms with E-state index in [1.54, 1.807) is 22.9 Å². The van der Waals surface area contributed by atoms with Crippen molar-refractivity contribution < 1.29 is 9.90 Å². The minimum Gasteiger partial charge on any atom is -0.478 e. The van der Waals surface area contributed by atoms with Gasteiger partial charge < -0.3 is 5.11 Å². The number of benzene rings is 2. The average Bonchev–Trinajstić information content (AvgIpc) is 3.02. The molecule has 140 valence electrons. The third-order valence-electron chi connectivity index (χ3n) is 4.61. The molecule has 1 unspecified atom stereocenters. The Morgan fingerprint density at radius 1 is 1.19 bits per heavy atom. The number of carboxylic acid groups (broad SMARTS) is 1. The number of hydrogen-bond donors (Lipinski definition) is 1. The lowest BCUT2D eigenvalue weighted by Crippen LogP contribution is -2.07. The summed E-state index contributed by atoms with van der Waals surface area (Å²) in [5.74, 6) is -0.848. The molecule has 6 heteroatoms. The Morgan fingerprint density at radius 2 is 1.89 bits per heavy atom. The smallest absolute Gasteiger partial charge is 0.339 e. The predicted octanol–water partition coefficient (Wildman–Crippen LogP) is 5.79. The minimum atomic E-state index is -0.980. The number of rotatable bonds is 6. The van der Waals surface area contributed by atoms with E-state index in [1.165, 1.54) is 0 Å². The molecule has 0 spiro atoms. The lowest BCUT2D eigenvalue weighted by atomic mass is 9.94. The van der Waals surface area contributed by atoms with Crippen LogP contribution in [-0.2, 0) is 12.8 Å². The van der Waals surface area contributed by atoms with E-state index in [0.717, 1.165) is 5.56 Å². The summed E-state index contributed by atoms with van der Waals surface area (Å²) in [7, 11) is 0. The van der Waals surface area contributed by atoms with Crippen molar-refractivity contribution in [1.29, 1.82) is 0 Å². The maximum Gasteiger partial charge on any atom is 0.339 e. The minimum absolute atomic E-state index is 0.132. The highest BCUT2D eigenvalue weighted by Crippen LogP contribution is 2.30. The van der Waals surface area contributed by atoms with Gasteiger partial charge in [0.15, 0.2) is 0 Å². The molecule has 0 fully saturated rings. The summed E-state index contributed by atoms with van der Waals surface area (Å²) in [5, 5.41) is 15.5. The summed E-state index contributed by atoms with van der Waals surface area (Å²) >= 11 is 12.5. The van der Waals surface area contributed by atoms with Gasteiger partial charge in [-0.15, -0.1) is 0 Å². The highest BCUT2D eigenvalue weighted by atomic mass is 35.5. The molecule has 0 amide bonds. The molecule has 1 heterocycles. The third kappa shape index (κ3) is 4.02. The molecule has 0 saturated heterocycles. The second kappa shape index (κ2) is 8.15. The molecule has 0 bridgehead atoms.